The van der Waals surface area contributed by atoms with Crippen molar-refractivity contribution in [3.8, 4) is 0 Å². The van der Waals surface area contributed by atoms with Crippen molar-refractivity contribution in [2.45, 2.75) is 41.5 Å². The average Bonchev–Trinajstić information content (AvgIpc) is 2.25. The highest BCUT2D eigenvalue weighted by Crippen LogP contribution is 2.31. The molecule has 0 aliphatic heterocycles. The summed E-state index contributed by atoms with van der Waals surface area (Å²) in [7, 11) is 0. The van der Waals surface area contributed by atoms with Crippen LogP contribution in [0.15, 0.2) is 0 Å². The van der Waals surface area contributed by atoms with Crippen LogP contribution in [-0.4, -0.2) is 31.6 Å². The number of rotatable bonds is 7. The van der Waals surface area contributed by atoms with Gasteiger partial charge in [0.1, 0.15) is 5.41 Å². The monoisotopic (exact) mass is 244 g/mol. The molecule has 0 radical (unpaired) electrons. The van der Waals surface area contributed by atoms with E-state index in [0.29, 0.717) is 13.2 Å². The summed E-state index contributed by atoms with van der Waals surface area (Å²) in [6.07, 6.45) is 0. The van der Waals surface area contributed by atoms with Crippen LogP contribution < -0.4 is 0 Å². The van der Waals surface area contributed by atoms with Gasteiger partial charge in [0.25, 0.3) is 0 Å². The van der Waals surface area contributed by atoms with Crippen molar-refractivity contribution in [2.75, 3.05) is 19.8 Å². The van der Waals surface area contributed by atoms with Crippen LogP contribution in [0.2, 0.25) is 0 Å². The highest BCUT2D eigenvalue weighted by atomic mass is 16.5. The maximum Gasteiger partial charge on any atom is 0.319 e. The van der Waals surface area contributed by atoms with Gasteiger partial charge in [0.05, 0.1) is 13.2 Å². The molecule has 0 bridgehead atoms. The fourth-order valence-corrected chi connectivity index (χ4v) is 1.67. The Morgan fingerprint density at radius 3 is 1.94 bits per heavy atom. The second-order valence-electron chi connectivity index (χ2n) is 5.20. The van der Waals surface area contributed by atoms with Gasteiger partial charge in [-0.25, -0.2) is 0 Å². The zero-order valence-corrected chi connectivity index (χ0v) is 11.8. The van der Waals surface area contributed by atoms with Gasteiger partial charge in [0.15, 0.2) is 5.78 Å². The predicted molar refractivity (Wildman–Crippen MR) is 65.7 cm³/mol. The quantitative estimate of drug-likeness (QED) is 0.509. The van der Waals surface area contributed by atoms with E-state index < -0.39 is 16.8 Å². The standard InChI is InChI=1S/C13H24O4/c1-7-16-9-12(3,4)10(14)13(5,6)11(15)17-8-2/h7-9H2,1-6H3. The maximum absolute atomic E-state index is 12.3. The Balaban J connectivity index is 4.82. The molecule has 0 N–H and O–H groups in total. The molecule has 0 aromatic rings. The van der Waals surface area contributed by atoms with E-state index in [-0.39, 0.29) is 12.4 Å². The smallest absolute Gasteiger partial charge is 0.319 e. The van der Waals surface area contributed by atoms with E-state index in [1.165, 1.54) is 0 Å². The van der Waals surface area contributed by atoms with Crippen LogP contribution in [0.1, 0.15) is 41.5 Å². The van der Waals surface area contributed by atoms with Crippen molar-refractivity contribution in [1.82, 2.24) is 0 Å². The Morgan fingerprint density at radius 1 is 1.00 bits per heavy atom. The first-order chi connectivity index (χ1) is 7.70. The Hall–Kier alpha value is -0.900. The van der Waals surface area contributed by atoms with Gasteiger partial charge in [-0.15, -0.1) is 0 Å². The Morgan fingerprint density at radius 2 is 1.53 bits per heavy atom. The van der Waals surface area contributed by atoms with Gasteiger partial charge in [0.2, 0.25) is 0 Å². The maximum atomic E-state index is 12.3. The molecule has 0 saturated carbocycles. The van der Waals surface area contributed by atoms with Crippen LogP contribution in [0.25, 0.3) is 0 Å². The summed E-state index contributed by atoms with van der Waals surface area (Å²) >= 11 is 0. The lowest BCUT2D eigenvalue weighted by atomic mass is 9.74. The van der Waals surface area contributed by atoms with Crippen LogP contribution in [0.3, 0.4) is 0 Å². The van der Waals surface area contributed by atoms with Gasteiger partial charge in [-0.05, 0) is 27.7 Å². The van der Waals surface area contributed by atoms with Crippen LogP contribution in [-0.2, 0) is 19.1 Å². The molecule has 100 valence electrons. The third kappa shape index (κ3) is 4.11. The van der Waals surface area contributed by atoms with Gasteiger partial charge in [0, 0.05) is 12.0 Å². The first-order valence-corrected chi connectivity index (χ1v) is 6.00. The lowest BCUT2D eigenvalue weighted by molar-refractivity contribution is -0.162. The number of hydrogen-bond acceptors (Lipinski definition) is 4. The van der Waals surface area contributed by atoms with E-state index in [1.54, 1.807) is 34.6 Å². The van der Waals surface area contributed by atoms with Crippen LogP contribution in [0.4, 0.5) is 0 Å². The summed E-state index contributed by atoms with van der Waals surface area (Å²) in [4.78, 5) is 24.1. The van der Waals surface area contributed by atoms with Crippen LogP contribution in [0, 0.1) is 10.8 Å². The van der Waals surface area contributed by atoms with Crippen molar-refractivity contribution in [3.05, 3.63) is 0 Å². The van der Waals surface area contributed by atoms with Crippen molar-refractivity contribution in [1.29, 1.82) is 0 Å². The van der Waals surface area contributed by atoms with Gasteiger partial charge in [-0.1, -0.05) is 13.8 Å². The number of ether oxygens (including phenoxy) is 2. The number of Topliss-reactive ketones (excluding diaryl/α,β-unsaturated/α-hetero) is 1. The minimum atomic E-state index is -1.13. The third-order valence-corrected chi connectivity index (χ3v) is 2.64. The molecule has 0 unspecified atom stereocenters. The molecule has 0 aromatic carbocycles. The molecule has 4 heteroatoms. The molecule has 0 aliphatic carbocycles. The van der Waals surface area contributed by atoms with Gasteiger partial charge < -0.3 is 9.47 Å². The Kier molecular flexibility index (Phi) is 5.82. The molecule has 0 aliphatic rings. The number of hydrogen-bond donors (Lipinski definition) is 0. The molecule has 0 aromatic heterocycles. The number of ketones is 1. The molecule has 0 amide bonds. The summed E-state index contributed by atoms with van der Waals surface area (Å²) < 4.78 is 10.2. The fraction of sp³-hybridized carbons (Fsp3) is 0.846. The SMILES string of the molecule is CCOCC(C)(C)C(=O)C(C)(C)C(=O)OCC. The molecule has 0 saturated heterocycles. The summed E-state index contributed by atoms with van der Waals surface area (Å²) in [5, 5.41) is 0. The van der Waals surface area contributed by atoms with Gasteiger partial charge in [-0.2, -0.15) is 0 Å². The molecule has 0 heterocycles. The molecule has 0 rings (SSSR count). The summed E-state index contributed by atoms with van der Waals surface area (Å²) in [5.41, 5.74) is -1.82. The fourth-order valence-electron chi connectivity index (χ4n) is 1.67. The largest absolute Gasteiger partial charge is 0.465 e. The van der Waals surface area contributed by atoms with Crippen LogP contribution in [0.5, 0.6) is 0 Å². The second-order valence-corrected chi connectivity index (χ2v) is 5.20. The topological polar surface area (TPSA) is 52.6 Å². The molecule has 0 fully saturated rings. The van der Waals surface area contributed by atoms with E-state index in [4.69, 9.17) is 9.47 Å². The zero-order chi connectivity index (χ0) is 13.7. The molecular formula is C13H24O4. The highest BCUT2D eigenvalue weighted by Gasteiger charge is 2.45. The van der Waals surface area contributed by atoms with Crippen molar-refractivity contribution in [2.24, 2.45) is 10.8 Å². The molecule has 0 atom stereocenters. The number of esters is 1. The average molecular weight is 244 g/mol. The van der Waals surface area contributed by atoms with Crippen LogP contribution >= 0.6 is 0 Å². The molecule has 0 spiro atoms. The first kappa shape index (κ1) is 16.1. The lowest BCUT2D eigenvalue weighted by Crippen LogP contribution is -2.45. The lowest BCUT2D eigenvalue weighted by Gasteiger charge is -2.31. The minimum Gasteiger partial charge on any atom is -0.465 e. The van der Waals surface area contributed by atoms with E-state index in [1.807, 2.05) is 6.92 Å². The Labute approximate surface area is 104 Å². The predicted octanol–water partition coefficient (Wildman–Crippen LogP) is 2.21. The summed E-state index contributed by atoms with van der Waals surface area (Å²) in [5.74, 6) is -0.633. The number of carbonyl (C=O) groups excluding carboxylic acids is 2. The second kappa shape index (κ2) is 6.15. The number of carbonyl (C=O) groups is 2. The van der Waals surface area contributed by atoms with E-state index in [0.717, 1.165) is 0 Å². The first-order valence-electron chi connectivity index (χ1n) is 6.00. The third-order valence-electron chi connectivity index (χ3n) is 2.64. The van der Waals surface area contributed by atoms with E-state index >= 15 is 0 Å². The minimum absolute atomic E-state index is 0.156. The molecule has 4 nitrogen and oxygen atoms in total. The zero-order valence-electron chi connectivity index (χ0n) is 11.8. The highest BCUT2D eigenvalue weighted by molar-refractivity contribution is 6.05. The van der Waals surface area contributed by atoms with Crippen molar-refractivity contribution >= 4 is 11.8 Å². The van der Waals surface area contributed by atoms with E-state index in [2.05, 4.69) is 0 Å². The van der Waals surface area contributed by atoms with E-state index in [9.17, 15) is 9.59 Å². The van der Waals surface area contributed by atoms with Gasteiger partial charge in [-0.3, -0.25) is 9.59 Å². The van der Waals surface area contributed by atoms with Crippen molar-refractivity contribution in [3.63, 3.8) is 0 Å². The molecule has 17 heavy (non-hydrogen) atoms. The summed E-state index contributed by atoms with van der Waals surface area (Å²) in [6.45, 7) is 11.5. The molecular weight excluding hydrogens is 220 g/mol. The van der Waals surface area contributed by atoms with Gasteiger partial charge >= 0.3 is 5.97 Å². The van der Waals surface area contributed by atoms with Crippen molar-refractivity contribution < 1.29 is 19.1 Å². The summed E-state index contributed by atoms with van der Waals surface area (Å²) in [6, 6.07) is 0. The Bertz CT molecular complexity index is 279. The normalized spacial score (nSPS) is 12.4.